The van der Waals surface area contributed by atoms with Crippen LogP contribution in [-0.4, -0.2) is 46.2 Å². The SMILES string of the molecule is COc1ccc(CCNC(=O)COc2cc(C(=O)c3ccccc3)ccc2OC)cc1OC. The lowest BCUT2D eigenvalue weighted by atomic mass is 10.0. The van der Waals surface area contributed by atoms with Crippen LogP contribution < -0.4 is 24.3 Å². The molecule has 0 aliphatic heterocycles. The molecule has 0 aliphatic rings. The highest BCUT2D eigenvalue weighted by Crippen LogP contribution is 2.29. The first kappa shape index (κ1) is 23.7. The Morgan fingerprint density at radius 2 is 1.39 bits per heavy atom. The number of carbonyl (C=O) groups excluding carboxylic acids is 2. The van der Waals surface area contributed by atoms with Crippen LogP contribution in [0.2, 0.25) is 0 Å². The van der Waals surface area contributed by atoms with Crippen LogP contribution in [0.5, 0.6) is 23.0 Å². The summed E-state index contributed by atoms with van der Waals surface area (Å²) >= 11 is 0. The Kier molecular flexibility index (Phi) is 8.30. The Morgan fingerprint density at radius 1 is 0.727 bits per heavy atom. The summed E-state index contributed by atoms with van der Waals surface area (Å²) < 4.78 is 21.5. The lowest BCUT2D eigenvalue weighted by molar-refractivity contribution is -0.123. The van der Waals surface area contributed by atoms with Crippen LogP contribution in [-0.2, 0) is 11.2 Å². The molecular formula is C26H27NO6. The molecule has 0 atom stereocenters. The van der Waals surface area contributed by atoms with Crippen molar-refractivity contribution in [2.24, 2.45) is 0 Å². The summed E-state index contributed by atoms with van der Waals surface area (Å²) in [5.74, 6) is 1.65. The molecule has 0 fully saturated rings. The van der Waals surface area contributed by atoms with Gasteiger partial charge in [0.05, 0.1) is 21.3 Å². The first-order chi connectivity index (χ1) is 16.0. The highest BCUT2D eigenvalue weighted by atomic mass is 16.5. The number of carbonyl (C=O) groups is 2. The summed E-state index contributed by atoms with van der Waals surface area (Å²) in [6.45, 7) is 0.229. The second-order valence-electron chi connectivity index (χ2n) is 7.14. The molecule has 0 radical (unpaired) electrons. The number of rotatable bonds is 11. The van der Waals surface area contributed by atoms with Gasteiger partial charge < -0.3 is 24.3 Å². The minimum Gasteiger partial charge on any atom is -0.493 e. The van der Waals surface area contributed by atoms with Crippen LogP contribution in [0.1, 0.15) is 21.5 Å². The third kappa shape index (κ3) is 6.26. The van der Waals surface area contributed by atoms with Gasteiger partial charge in [-0.2, -0.15) is 0 Å². The van der Waals surface area contributed by atoms with Crippen molar-refractivity contribution >= 4 is 11.7 Å². The molecule has 3 aromatic carbocycles. The van der Waals surface area contributed by atoms with E-state index in [-0.39, 0.29) is 18.3 Å². The topological polar surface area (TPSA) is 83.1 Å². The smallest absolute Gasteiger partial charge is 0.257 e. The van der Waals surface area contributed by atoms with Gasteiger partial charge in [0, 0.05) is 17.7 Å². The average molecular weight is 450 g/mol. The van der Waals surface area contributed by atoms with E-state index < -0.39 is 0 Å². The monoisotopic (exact) mass is 449 g/mol. The van der Waals surface area contributed by atoms with Crippen LogP contribution in [0.3, 0.4) is 0 Å². The van der Waals surface area contributed by atoms with Crippen LogP contribution in [0.25, 0.3) is 0 Å². The van der Waals surface area contributed by atoms with Crippen LogP contribution in [0.4, 0.5) is 0 Å². The highest BCUT2D eigenvalue weighted by Gasteiger charge is 2.14. The zero-order chi connectivity index (χ0) is 23.6. The van der Waals surface area contributed by atoms with Crippen LogP contribution in [0, 0.1) is 0 Å². The van der Waals surface area contributed by atoms with E-state index in [1.807, 2.05) is 24.3 Å². The number of methoxy groups -OCH3 is 3. The quantitative estimate of drug-likeness (QED) is 0.450. The highest BCUT2D eigenvalue weighted by molar-refractivity contribution is 6.09. The minimum atomic E-state index is -0.280. The first-order valence-corrected chi connectivity index (χ1v) is 10.4. The van der Waals surface area contributed by atoms with Crippen molar-refractivity contribution < 1.29 is 28.5 Å². The number of hydrogen-bond donors (Lipinski definition) is 1. The van der Waals surface area contributed by atoms with Crippen LogP contribution >= 0.6 is 0 Å². The predicted molar refractivity (Wildman–Crippen MR) is 125 cm³/mol. The molecule has 0 bridgehead atoms. The summed E-state index contributed by atoms with van der Waals surface area (Å²) in [5, 5.41) is 2.82. The standard InChI is InChI=1S/C26H27NO6/c1-30-21-11-9-18(15-23(21)32-3)13-14-27-25(28)17-33-24-16-20(10-12-22(24)31-2)26(29)19-7-5-4-6-8-19/h4-12,15-16H,13-14,17H2,1-3H3,(H,27,28). The lowest BCUT2D eigenvalue weighted by Crippen LogP contribution is -2.30. The summed E-state index contributed by atoms with van der Waals surface area (Å²) in [6, 6.07) is 19.5. The van der Waals surface area contributed by atoms with Crippen molar-refractivity contribution in [2.45, 2.75) is 6.42 Å². The van der Waals surface area contributed by atoms with Crippen molar-refractivity contribution in [1.29, 1.82) is 0 Å². The maximum absolute atomic E-state index is 12.7. The molecule has 0 heterocycles. The fourth-order valence-corrected chi connectivity index (χ4v) is 3.26. The Bertz CT molecular complexity index is 1100. The average Bonchev–Trinajstić information content (AvgIpc) is 2.87. The van der Waals surface area contributed by atoms with E-state index in [1.165, 1.54) is 7.11 Å². The minimum absolute atomic E-state index is 0.137. The summed E-state index contributed by atoms with van der Waals surface area (Å²) in [4.78, 5) is 25.0. The van der Waals surface area contributed by atoms with Gasteiger partial charge in [-0.05, 0) is 42.3 Å². The fourth-order valence-electron chi connectivity index (χ4n) is 3.26. The number of nitrogens with one attached hydrogen (secondary N) is 1. The molecule has 0 saturated heterocycles. The number of benzene rings is 3. The molecule has 0 spiro atoms. The van der Waals surface area contributed by atoms with Gasteiger partial charge in [-0.3, -0.25) is 9.59 Å². The van der Waals surface area contributed by atoms with E-state index in [1.54, 1.807) is 56.7 Å². The Labute approximate surface area is 193 Å². The van der Waals surface area contributed by atoms with E-state index in [0.29, 0.717) is 47.1 Å². The third-order valence-electron chi connectivity index (χ3n) is 5.00. The first-order valence-electron chi connectivity index (χ1n) is 10.4. The van der Waals surface area contributed by atoms with Crippen LogP contribution in [0.15, 0.2) is 66.7 Å². The maximum atomic E-state index is 12.7. The Hall–Kier alpha value is -4.00. The van der Waals surface area contributed by atoms with Gasteiger partial charge in [-0.25, -0.2) is 0 Å². The van der Waals surface area contributed by atoms with Gasteiger partial charge >= 0.3 is 0 Å². The predicted octanol–water partition coefficient (Wildman–Crippen LogP) is 3.68. The lowest BCUT2D eigenvalue weighted by Gasteiger charge is -2.13. The molecule has 0 aromatic heterocycles. The number of amides is 1. The largest absolute Gasteiger partial charge is 0.493 e. The fraction of sp³-hybridized carbons (Fsp3) is 0.231. The van der Waals surface area contributed by atoms with E-state index >= 15 is 0 Å². The third-order valence-corrected chi connectivity index (χ3v) is 5.00. The molecule has 7 nitrogen and oxygen atoms in total. The molecular weight excluding hydrogens is 422 g/mol. The van der Waals surface area contributed by atoms with Crippen molar-refractivity contribution in [3.63, 3.8) is 0 Å². The van der Waals surface area contributed by atoms with Gasteiger partial charge in [0.25, 0.3) is 5.91 Å². The second kappa shape index (κ2) is 11.6. The summed E-state index contributed by atoms with van der Waals surface area (Å²) in [5.41, 5.74) is 2.02. The summed E-state index contributed by atoms with van der Waals surface area (Å²) in [6.07, 6.45) is 0.622. The molecule has 3 rings (SSSR count). The Balaban J connectivity index is 1.56. The second-order valence-corrected chi connectivity index (χ2v) is 7.14. The normalized spacial score (nSPS) is 10.3. The zero-order valence-corrected chi connectivity index (χ0v) is 18.9. The van der Waals surface area contributed by atoms with E-state index in [9.17, 15) is 9.59 Å². The number of ketones is 1. The zero-order valence-electron chi connectivity index (χ0n) is 18.9. The molecule has 0 aliphatic carbocycles. The van der Waals surface area contributed by atoms with Crippen molar-refractivity contribution in [3.05, 3.63) is 83.4 Å². The Morgan fingerprint density at radius 3 is 2.09 bits per heavy atom. The van der Waals surface area contributed by atoms with Crippen molar-refractivity contribution in [2.75, 3.05) is 34.5 Å². The van der Waals surface area contributed by atoms with Gasteiger partial charge in [-0.1, -0.05) is 36.4 Å². The van der Waals surface area contributed by atoms with Gasteiger partial charge in [0.1, 0.15) is 0 Å². The molecule has 0 unspecified atom stereocenters. The van der Waals surface area contributed by atoms with E-state index in [0.717, 1.165) is 5.56 Å². The van der Waals surface area contributed by atoms with Gasteiger partial charge in [-0.15, -0.1) is 0 Å². The van der Waals surface area contributed by atoms with Gasteiger partial charge in [0.15, 0.2) is 35.4 Å². The van der Waals surface area contributed by atoms with E-state index in [4.69, 9.17) is 18.9 Å². The van der Waals surface area contributed by atoms with Crippen molar-refractivity contribution in [3.8, 4) is 23.0 Å². The summed E-state index contributed by atoms with van der Waals surface area (Å²) in [7, 11) is 4.67. The molecule has 33 heavy (non-hydrogen) atoms. The van der Waals surface area contributed by atoms with Crippen molar-refractivity contribution in [1.82, 2.24) is 5.32 Å². The molecule has 0 saturated carbocycles. The number of hydrogen-bond acceptors (Lipinski definition) is 6. The molecule has 172 valence electrons. The molecule has 1 N–H and O–H groups in total. The van der Waals surface area contributed by atoms with E-state index in [2.05, 4.69) is 5.32 Å². The molecule has 3 aromatic rings. The maximum Gasteiger partial charge on any atom is 0.257 e. The molecule has 7 heteroatoms. The van der Waals surface area contributed by atoms with Gasteiger partial charge in [0.2, 0.25) is 0 Å². The number of ether oxygens (including phenoxy) is 4. The molecule has 1 amide bonds.